The number of aromatic nitrogens is 2. The van der Waals surface area contributed by atoms with Crippen molar-refractivity contribution in [2.24, 2.45) is 11.8 Å². The zero-order valence-corrected chi connectivity index (χ0v) is 27.4. The Bertz CT molecular complexity index is 1310. The SMILES string of the molecule is C/C=C/C[C@@H](CCCC)COc1nc(CC)c(CCCCc2cccc3ccccc23)c(N(CCC)CC(C)CC#N)n1. The van der Waals surface area contributed by atoms with Crippen molar-refractivity contribution < 1.29 is 4.74 Å². The standard InChI is InChI=1S/C38H54N4O/c1-6-10-17-31(18-11-7-2)29-43-38-40-36(9-4)35(37(41-38)42(27-8-3)28-30(5)25-26-39)24-15-13-20-33-22-16-21-32-19-12-14-23-34(32)33/h6,10,12,14,16,19,21-23,30-31H,7-9,11,13,15,17-18,20,24-25,27-29H2,1-5H3/b10-6+/t30?,31-/m0/s1. The highest BCUT2D eigenvalue weighted by Gasteiger charge is 2.21. The van der Waals surface area contributed by atoms with Crippen LogP contribution in [0, 0.1) is 23.2 Å². The number of allylic oxidation sites excluding steroid dienone is 2. The van der Waals surface area contributed by atoms with Gasteiger partial charge in [-0.1, -0.05) is 95.2 Å². The molecule has 3 aromatic rings. The second-order valence-corrected chi connectivity index (χ2v) is 12.0. The number of hydrogen-bond acceptors (Lipinski definition) is 5. The second-order valence-electron chi connectivity index (χ2n) is 12.0. The van der Waals surface area contributed by atoms with E-state index >= 15 is 0 Å². The van der Waals surface area contributed by atoms with Crippen molar-refractivity contribution in [2.45, 2.75) is 105 Å². The van der Waals surface area contributed by atoms with Gasteiger partial charge in [-0.15, -0.1) is 0 Å². The number of nitrogens with zero attached hydrogens (tertiary/aromatic N) is 4. The molecule has 0 aliphatic carbocycles. The summed E-state index contributed by atoms with van der Waals surface area (Å²) in [5.74, 6) is 1.74. The first kappa shape index (κ1) is 34.1. The van der Waals surface area contributed by atoms with Crippen LogP contribution in [0.1, 0.15) is 103 Å². The van der Waals surface area contributed by atoms with E-state index in [9.17, 15) is 5.26 Å². The summed E-state index contributed by atoms with van der Waals surface area (Å²) < 4.78 is 6.37. The largest absolute Gasteiger partial charge is 0.463 e. The number of anilines is 1. The van der Waals surface area contributed by atoms with Crippen LogP contribution in [0.2, 0.25) is 0 Å². The van der Waals surface area contributed by atoms with Crippen LogP contribution in [0.3, 0.4) is 0 Å². The minimum absolute atomic E-state index is 0.263. The smallest absolute Gasteiger partial charge is 0.318 e. The summed E-state index contributed by atoms with van der Waals surface area (Å²) in [6.45, 7) is 13.2. The number of aryl methyl sites for hydroxylation is 2. The minimum atomic E-state index is 0.263. The van der Waals surface area contributed by atoms with Gasteiger partial charge >= 0.3 is 6.01 Å². The Morgan fingerprint density at radius 2 is 1.77 bits per heavy atom. The normalized spacial score (nSPS) is 12.8. The zero-order valence-electron chi connectivity index (χ0n) is 27.4. The van der Waals surface area contributed by atoms with E-state index in [2.05, 4.69) is 100 Å². The number of unbranched alkanes of at least 4 members (excludes halogenated alkanes) is 2. The van der Waals surface area contributed by atoms with E-state index < -0.39 is 0 Å². The Morgan fingerprint density at radius 1 is 0.977 bits per heavy atom. The Hall–Kier alpha value is -3.39. The van der Waals surface area contributed by atoms with Crippen molar-refractivity contribution in [1.29, 1.82) is 5.26 Å². The average molecular weight is 583 g/mol. The molecule has 1 unspecified atom stereocenters. The third kappa shape index (κ3) is 10.7. The molecule has 3 rings (SSSR count). The van der Waals surface area contributed by atoms with Gasteiger partial charge in [-0.05, 0) is 86.5 Å². The van der Waals surface area contributed by atoms with Crippen LogP contribution in [0.25, 0.3) is 10.8 Å². The van der Waals surface area contributed by atoms with Crippen molar-refractivity contribution in [3.05, 3.63) is 71.4 Å². The molecule has 232 valence electrons. The van der Waals surface area contributed by atoms with Gasteiger partial charge in [0, 0.05) is 25.1 Å². The van der Waals surface area contributed by atoms with Crippen molar-refractivity contribution in [3.63, 3.8) is 0 Å². The molecule has 0 N–H and O–H groups in total. The van der Waals surface area contributed by atoms with Gasteiger partial charge in [0.1, 0.15) is 5.82 Å². The van der Waals surface area contributed by atoms with Crippen molar-refractivity contribution in [1.82, 2.24) is 9.97 Å². The topological polar surface area (TPSA) is 62.0 Å². The van der Waals surface area contributed by atoms with Gasteiger partial charge in [0.05, 0.1) is 18.4 Å². The summed E-state index contributed by atoms with van der Waals surface area (Å²) >= 11 is 0. The first-order valence-electron chi connectivity index (χ1n) is 16.8. The molecule has 0 bridgehead atoms. The molecule has 5 heteroatoms. The number of benzene rings is 2. The van der Waals surface area contributed by atoms with E-state index in [-0.39, 0.29) is 5.92 Å². The fourth-order valence-corrected chi connectivity index (χ4v) is 5.93. The number of ether oxygens (including phenoxy) is 1. The highest BCUT2D eigenvalue weighted by molar-refractivity contribution is 5.85. The fraction of sp³-hybridized carbons (Fsp3) is 0.553. The highest BCUT2D eigenvalue weighted by atomic mass is 16.5. The summed E-state index contributed by atoms with van der Waals surface area (Å²) in [6, 6.07) is 18.2. The average Bonchev–Trinajstić information content (AvgIpc) is 3.02. The molecule has 0 radical (unpaired) electrons. The summed E-state index contributed by atoms with van der Waals surface area (Å²) in [5.41, 5.74) is 3.77. The third-order valence-corrected chi connectivity index (χ3v) is 8.27. The number of nitriles is 1. The lowest BCUT2D eigenvalue weighted by atomic mass is 9.98. The van der Waals surface area contributed by atoms with E-state index in [0.29, 0.717) is 25.0 Å². The quantitative estimate of drug-likeness (QED) is 0.0980. The molecular formula is C38H54N4O. The van der Waals surface area contributed by atoms with Crippen LogP contribution in [-0.4, -0.2) is 29.7 Å². The van der Waals surface area contributed by atoms with Crippen LogP contribution in [0.5, 0.6) is 6.01 Å². The molecule has 0 aliphatic rings. The molecule has 0 saturated carbocycles. The van der Waals surface area contributed by atoms with Crippen LogP contribution in [0.4, 0.5) is 5.82 Å². The van der Waals surface area contributed by atoms with Crippen LogP contribution in [0.15, 0.2) is 54.6 Å². The van der Waals surface area contributed by atoms with E-state index in [1.165, 1.54) is 34.7 Å². The van der Waals surface area contributed by atoms with E-state index in [4.69, 9.17) is 14.7 Å². The number of hydrogen-bond donors (Lipinski definition) is 0. The van der Waals surface area contributed by atoms with Gasteiger partial charge < -0.3 is 9.64 Å². The predicted molar refractivity (Wildman–Crippen MR) is 182 cm³/mol. The predicted octanol–water partition coefficient (Wildman–Crippen LogP) is 9.68. The molecule has 43 heavy (non-hydrogen) atoms. The maximum Gasteiger partial charge on any atom is 0.318 e. The maximum absolute atomic E-state index is 9.36. The van der Waals surface area contributed by atoms with Crippen molar-refractivity contribution in [3.8, 4) is 12.1 Å². The number of fused-ring (bicyclic) bond motifs is 1. The molecule has 0 saturated heterocycles. The lowest BCUT2D eigenvalue weighted by Gasteiger charge is -2.29. The van der Waals surface area contributed by atoms with Gasteiger partial charge in [-0.3, -0.25) is 0 Å². The summed E-state index contributed by atoms with van der Waals surface area (Å²) in [4.78, 5) is 12.5. The van der Waals surface area contributed by atoms with Crippen LogP contribution >= 0.6 is 0 Å². The van der Waals surface area contributed by atoms with E-state index in [1.807, 2.05) is 0 Å². The third-order valence-electron chi connectivity index (χ3n) is 8.27. The van der Waals surface area contributed by atoms with Gasteiger partial charge in [-0.25, -0.2) is 0 Å². The first-order chi connectivity index (χ1) is 21.0. The van der Waals surface area contributed by atoms with Crippen LogP contribution in [-0.2, 0) is 19.3 Å². The lowest BCUT2D eigenvalue weighted by Crippen LogP contribution is -2.32. The molecule has 0 amide bonds. The second kappa shape index (κ2) is 19.0. The Labute approximate surface area is 261 Å². The Morgan fingerprint density at radius 3 is 2.51 bits per heavy atom. The molecule has 1 heterocycles. The summed E-state index contributed by atoms with van der Waals surface area (Å²) in [7, 11) is 0. The lowest BCUT2D eigenvalue weighted by molar-refractivity contribution is 0.221. The van der Waals surface area contributed by atoms with E-state index in [0.717, 1.165) is 76.0 Å². The molecule has 0 aliphatic heterocycles. The molecule has 1 aromatic heterocycles. The molecule has 2 atom stereocenters. The molecule has 0 spiro atoms. The van der Waals surface area contributed by atoms with Gasteiger partial charge in [0.15, 0.2) is 0 Å². The molecule has 2 aromatic carbocycles. The van der Waals surface area contributed by atoms with Gasteiger partial charge in [0.2, 0.25) is 0 Å². The summed E-state index contributed by atoms with van der Waals surface area (Å²) in [6.07, 6.45) is 15.5. The van der Waals surface area contributed by atoms with Gasteiger partial charge in [-0.2, -0.15) is 15.2 Å². The Kier molecular flexibility index (Phi) is 15.1. The fourth-order valence-electron chi connectivity index (χ4n) is 5.93. The zero-order chi connectivity index (χ0) is 30.9. The van der Waals surface area contributed by atoms with Crippen molar-refractivity contribution in [2.75, 3.05) is 24.6 Å². The monoisotopic (exact) mass is 582 g/mol. The number of rotatable bonds is 20. The molecule has 0 fully saturated rings. The van der Waals surface area contributed by atoms with Gasteiger partial charge in [0.25, 0.3) is 0 Å². The summed E-state index contributed by atoms with van der Waals surface area (Å²) in [5, 5.41) is 12.0. The van der Waals surface area contributed by atoms with E-state index in [1.54, 1.807) is 0 Å². The van der Waals surface area contributed by atoms with Crippen LogP contribution < -0.4 is 9.64 Å². The minimum Gasteiger partial charge on any atom is -0.463 e. The highest BCUT2D eigenvalue weighted by Crippen LogP contribution is 2.29. The first-order valence-corrected chi connectivity index (χ1v) is 16.8. The Balaban J connectivity index is 1.85. The van der Waals surface area contributed by atoms with Crippen molar-refractivity contribution >= 4 is 16.6 Å². The molecule has 5 nitrogen and oxygen atoms in total. The maximum atomic E-state index is 9.36. The molecular weight excluding hydrogens is 528 g/mol.